The van der Waals surface area contributed by atoms with Crippen molar-refractivity contribution in [2.75, 3.05) is 0 Å². The summed E-state index contributed by atoms with van der Waals surface area (Å²) in [6.45, 7) is 13.4. The molecule has 0 aromatic heterocycles. The van der Waals surface area contributed by atoms with Gasteiger partial charge in [-0.2, -0.15) is 0 Å². The third-order valence-electron chi connectivity index (χ3n) is 6.27. The number of fused-ring (bicyclic) bond motifs is 2. The molecule has 3 rings (SSSR count). The van der Waals surface area contributed by atoms with Crippen LogP contribution >= 0.6 is 0 Å². The molecule has 0 amide bonds. The van der Waals surface area contributed by atoms with E-state index in [4.69, 9.17) is 0 Å². The molecule has 1 aromatic carbocycles. The summed E-state index contributed by atoms with van der Waals surface area (Å²) in [6, 6.07) is 6.53. The van der Waals surface area contributed by atoms with Gasteiger partial charge in [-0.25, -0.2) is 0 Å². The molecular formula is C21H30N4O2. The zero-order valence-electron chi connectivity index (χ0n) is 16.8. The van der Waals surface area contributed by atoms with E-state index in [-0.39, 0.29) is 11.2 Å². The first-order valence-electron chi connectivity index (χ1n) is 9.83. The highest BCUT2D eigenvalue weighted by molar-refractivity contribution is 5.43. The SMILES string of the molecule is C=C1CCC2C[C@H]1[C@@H](CC(C)C)N(N=Nc1ccc([N+](=O)[O-])cc1)C2(C)C. The lowest BCUT2D eigenvalue weighted by Gasteiger charge is -2.56. The molecule has 6 heteroatoms. The highest BCUT2D eigenvalue weighted by Gasteiger charge is 2.50. The Bertz CT molecular complexity index is 739. The van der Waals surface area contributed by atoms with Gasteiger partial charge in [0.15, 0.2) is 0 Å². The van der Waals surface area contributed by atoms with Crippen LogP contribution in [0.4, 0.5) is 11.4 Å². The second-order valence-corrected chi connectivity index (χ2v) is 8.89. The number of non-ortho nitro benzene ring substituents is 1. The molecule has 0 N–H and O–H groups in total. The Hall–Kier alpha value is -2.24. The molecule has 0 spiro atoms. The maximum Gasteiger partial charge on any atom is 0.269 e. The molecule has 1 aromatic rings. The Morgan fingerprint density at radius 1 is 1.33 bits per heavy atom. The van der Waals surface area contributed by atoms with Crippen LogP contribution in [-0.4, -0.2) is 21.5 Å². The van der Waals surface area contributed by atoms with E-state index in [2.05, 4.69) is 49.6 Å². The number of hydrogen-bond acceptors (Lipinski definition) is 4. The fourth-order valence-corrected chi connectivity index (χ4v) is 4.66. The number of nitro groups is 1. The molecule has 1 aliphatic heterocycles. The molecule has 1 aliphatic carbocycles. The van der Waals surface area contributed by atoms with Crippen LogP contribution in [0.5, 0.6) is 0 Å². The lowest BCUT2D eigenvalue weighted by molar-refractivity contribution is -0.384. The standard InChI is InChI=1S/C21H30N4O2/c1-14(2)12-20-19-13-16(7-6-15(19)3)21(4,5)24(20)23-22-17-8-10-18(11-9-17)25(26)27/h8-11,14,16,19-20H,3,6-7,12-13H2,1-2,4-5H3/t16?,19-,20-/m1/s1. The largest absolute Gasteiger partial charge is 0.269 e. The van der Waals surface area contributed by atoms with Crippen molar-refractivity contribution in [3.05, 3.63) is 46.5 Å². The number of nitrogens with zero attached hydrogens (tertiary/aromatic N) is 4. The first-order valence-corrected chi connectivity index (χ1v) is 9.83. The Morgan fingerprint density at radius 3 is 2.59 bits per heavy atom. The molecule has 2 bridgehead atoms. The van der Waals surface area contributed by atoms with Gasteiger partial charge >= 0.3 is 0 Å². The zero-order valence-corrected chi connectivity index (χ0v) is 16.8. The number of piperidine rings is 1. The van der Waals surface area contributed by atoms with Crippen molar-refractivity contribution in [1.29, 1.82) is 0 Å². The average Bonchev–Trinajstić information content (AvgIpc) is 2.60. The summed E-state index contributed by atoms with van der Waals surface area (Å²) in [4.78, 5) is 10.4. The van der Waals surface area contributed by atoms with E-state index in [9.17, 15) is 10.1 Å². The lowest BCUT2D eigenvalue weighted by atomic mass is 9.63. The normalized spacial score (nSPS) is 27.4. The summed E-state index contributed by atoms with van der Waals surface area (Å²) in [6.07, 6.45) is 4.51. The van der Waals surface area contributed by atoms with E-state index in [1.807, 2.05) is 0 Å². The summed E-state index contributed by atoms with van der Waals surface area (Å²) < 4.78 is 0. The van der Waals surface area contributed by atoms with Gasteiger partial charge in [0.25, 0.3) is 5.69 Å². The van der Waals surface area contributed by atoms with Crippen LogP contribution in [0, 0.1) is 27.9 Å². The number of nitro benzene ring substituents is 1. The van der Waals surface area contributed by atoms with Crippen LogP contribution in [0.25, 0.3) is 0 Å². The monoisotopic (exact) mass is 370 g/mol. The minimum absolute atomic E-state index is 0.0655. The molecule has 0 radical (unpaired) electrons. The molecule has 2 aliphatic rings. The summed E-state index contributed by atoms with van der Waals surface area (Å²) in [5, 5.41) is 22.1. The molecule has 3 atom stereocenters. The molecular weight excluding hydrogens is 340 g/mol. The zero-order chi connectivity index (χ0) is 19.8. The number of rotatable bonds is 5. The predicted molar refractivity (Wildman–Crippen MR) is 107 cm³/mol. The third kappa shape index (κ3) is 3.89. The number of benzene rings is 1. The van der Waals surface area contributed by atoms with Crippen molar-refractivity contribution >= 4 is 11.4 Å². The van der Waals surface area contributed by atoms with Crippen molar-refractivity contribution in [2.45, 2.75) is 65.0 Å². The Labute approximate surface area is 161 Å². The molecule has 1 saturated heterocycles. The van der Waals surface area contributed by atoms with E-state index < -0.39 is 4.92 Å². The second-order valence-electron chi connectivity index (χ2n) is 8.89. The predicted octanol–water partition coefficient (Wildman–Crippen LogP) is 6.07. The maximum absolute atomic E-state index is 10.8. The molecule has 6 nitrogen and oxygen atoms in total. The fraction of sp³-hybridized carbons (Fsp3) is 0.619. The third-order valence-corrected chi connectivity index (χ3v) is 6.27. The average molecular weight is 370 g/mol. The molecule has 2 fully saturated rings. The summed E-state index contributed by atoms with van der Waals surface area (Å²) >= 11 is 0. The molecule has 1 heterocycles. The fourth-order valence-electron chi connectivity index (χ4n) is 4.66. The topological polar surface area (TPSA) is 71.1 Å². The van der Waals surface area contributed by atoms with Gasteiger partial charge < -0.3 is 0 Å². The first-order chi connectivity index (χ1) is 12.7. The van der Waals surface area contributed by atoms with Gasteiger partial charge in [0.1, 0.15) is 0 Å². The minimum Gasteiger partial charge on any atom is -0.269 e. The van der Waals surface area contributed by atoms with Gasteiger partial charge in [-0.05, 0) is 63.5 Å². The van der Waals surface area contributed by atoms with E-state index in [1.165, 1.54) is 24.1 Å². The quantitative estimate of drug-likeness (QED) is 0.273. The highest BCUT2D eigenvalue weighted by atomic mass is 16.6. The van der Waals surface area contributed by atoms with Crippen LogP contribution in [-0.2, 0) is 0 Å². The molecule has 1 saturated carbocycles. The Kier molecular flexibility index (Phi) is 5.36. The van der Waals surface area contributed by atoms with Gasteiger partial charge in [-0.3, -0.25) is 15.1 Å². The van der Waals surface area contributed by atoms with Crippen LogP contribution in [0.1, 0.15) is 53.4 Å². The van der Waals surface area contributed by atoms with E-state index in [0.717, 1.165) is 19.3 Å². The van der Waals surface area contributed by atoms with Crippen molar-refractivity contribution in [3.63, 3.8) is 0 Å². The number of hydrogen-bond donors (Lipinski definition) is 0. The van der Waals surface area contributed by atoms with E-state index >= 15 is 0 Å². The molecule has 146 valence electrons. The maximum atomic E-state index is 10.8. The molecule has 27 heavy (non-hydrogen) atoms. The van der Waals surface area contributed by atoms with Gasteiger partial charge in [0, 0.05) is 18.1 Å². The van der Waals surface area contributed by atoms with Crippen molar-refractivity contribution < 1.29 is 4.92 Å². The van der Waals surface area contributed by atoms with Crippen molar-refractivity contribution in [1.82, 2.24) is 5.01 Å². The smallest absolute Gasteiger partial charge is 0.269 e. The molecule has 1 unspecified atom stereocenters. The Morgan fingerprint density at radius 2 is 2.00 bits per heavy atom. The summed E-state index contributed by atoms with van der Waals surface area (Å²) in [5.41, 5.74) is 1.98. The van der Waals surface area contributed by atoms with Crippen LogP contribution in [0.15, 0.2) is 46.8 Å². The van der Waals surface area contributed by atoms with Gasteiger partial charge in [0.2, 0.25) is 0 Å². The van der Waals surface area contributed by atoms with Crippen LogP contribution in [0.2, 0.25) is 0 Å². The highest BCUT2D eigenvalue weighted by Crippen LogP contribution is 2.50. The van der Waals surface area contributed by atoms with Crippen molar-refractivity contribution in [3.8, 4) is 0 Å². The lowest BCUT2D eigenvalue weighted by Crippen LogP contribution is -2.60. The van der Waals surface area contributed by atoms with E-state index in [1.54, 1.807) is 12.1 Å². The van der Waals surface area contributed by atoms with Gasteiger partial charge in [0.05, 0.1) is 22.2 Å². The second kappa shape index (κ2) is 7.41. The summed E-state index contributed by atoms with van der Waals surface area (Å²) in [7, 11) is 0. The first kappa shape index (κ1) is 19.5. The Balaban J connectivity index is 1.90. The summed E-state index contributed by atoms with van der Waals surface area (Å²) in [5.74, 6) is 1.61. The van der Waals surface area contributed by atoms with Crippen LogP contribution in [0.3, 0.4) is 0 Å². The minimum atomic E-state index is -0.403. The van der Waals surface area contributed by atoms with Gasteiger partial charge in [-0.15, -0.1) is 5.11 Å². The van der Waals surface area contributed by atoms with Crippen molar-refractivity contribution in [2.24, 2.45) is 28.1 Å². The van der Waals surface area contributed by atoms with E-state index in [0.29, 0.717) is 29.5 Å². The van der Waals surface area contributed by atoms with Crippen LogP contribution < -0.4 is 0 Å². The van der Waals surface area contributed by atoms with Gasteiger partial charge in [-0.1, -0.05) is 31.2 Å².